The minimum absolute atomic E-state index is 0.000532. The van der Waals surface area contributed by atoms with E-state index in [0.717, 1.165) is 57.6 Å². The molecule has 1 saturated heterocycles. The summed E-state index contributed by atoms with van der Waals surface area (Å²) in [6, 6.07) is 11.9. The second kappa shape index (κ2) is 8.61. The van der Waals surface area contributed by atoms with Crippen LogP contribution in [0.4, 0.5) is 11.4 Å². The zero-order chi connectivity index (χ0) is 23.1. The molecule has 8 heteroatoms. The summed E-state index contributed by atoms with van der Waals surface area (Å²) in [7, 11) is 1.68. The van der Waals surface area contributed by atoms with Crippen LogP contribution in [0.25, 0.3) is 21.1 Å². The van der Waals surface area contributed by atoms with Gasteiger partial charge in [0.1, 0.15) is 0 Å². The molecule has 1 aromatic carbocycles. The number of ether oxygens (including phenoxy) is 1. The van der Waals surface area contributed by atoms with Crippen LogP contribution in [0.1, 0.15) is 39.9 Å². The van der Waals surface area contributed by atoms with E-state index in [1.165, 1.54) is 11.3 Å². The number of amides is 1. The average molecular weight is 463 g/mol. The number of anilines is 2. The first-order valence-electron chi connectivity index (χ1n) is 11.0. The Balaban J connectivity index is 1.45. The van der Waals surface area contributed by atoms with Gasteiger partial charge in [0.05, 0.1) is 38.9 Å². The van der Waals surface area contributed by atoms with Gasteiger partial charge in [-0.2, -0.15) is 0 Å². The normalized spacial score (nSPS) is 16.1. The van der Waals surface area contributed by atoms with Gasteiger partial charge >= 0.3 is 0 Å². The lowest BCUT2D eigenvalue weighted by Gasteiger charge is -2.23. The molecular weight excluding hydrogens is 436 g/mol. The van der Waals surface area contributed by atoms with Crippen molar-refractivity contribution in [1.82, 2.24) is 14.5 Å². The first-order chi connectivity index (χ1) is 16.0. The van der Waals surface area contributed by atoms with Gasteiger partial charge in [-0.3, -0.25) is 19.1 Å². The second-order valence-electron chi connectivity index (χ2n) is 8.47. The van der Waals surface area contributed by atoms with Crippen molar-refractivity contribution in [2.45, 2.75) is 32.7 Å². The molecule has 1 unspecified atom stereocenters. The first kappa shape index (κ1) is 21.6. The van der Waals surface area contributed by atoms with Gasteiger partial charge in [0, 0.05) is 43.5 Å². The Labute approximate surface area is 196 Å². The fourth-order valence-corrected chi connectivity index (χ4v) is 5.80. The standard InChI is InChI=1S/C25H26N4O3S/c1-15-11-17-12-18(6-7-22(17)29(15)16(2)30)27-20-8-9-26-21-13-23(33-24(20)21)25(31)28-10-4-5-19(28)14-32-3/h6-9,11-13,19H,4-5,10,14H2,1-3H3,(H,26,27). The lowest BCUT2D eigenvalue weighted by molar-refractivity contribution is 0.0635. The molecule has 5 rings (SSSR count). The minimum Gasteiger partial charge on any atom is -0.383 e. The topological polar surface area (TPSA) is 76.5 Å². The maximum atomic E-state index is 13.2. The van der Waals surface area contributed by atoms with Crippen LogP contribution >= 0.6 is 11.3 Å². The highest BCUT2D eigenvalue weighted by Gasteiger charge is 2.30. The van der Waals surface area contributed by atoms with Crippen molar-refractivity contribution in [3.05, 3.63) is 53.2 Å². The van der Waals surface area contributed by atoms with Crippen LogP contribution in [0, 0.1) is 6.92 Å². The number of hydrogen-bond donors (Lipinski definition) is 1. The smallest absolute Gasteiger partial charge is 0.264 e. The summed E-state index contributed by atoms with van der Waals surface area (Å²) in [6.07, 6.45) is 3.73. The molecule has 1 atom stereocenters. The Kier molecular flexibility index (Phi) is 5.64. The number of aryl methyl sites for hydroxylation is 1. The summed E-state index contributed by atoms with van der Waals surface area (Å²) in [5, 5.41) is 4.48. The molecule has 33 heavy (non-hydrogen) atoms. The number of rotatable bonds is 5. The molecule has 1 aliphatic rings. The molecule has 0 saturated carbocycles. The third-order valence-electron chi connectivity index (χ3n) is 6.20. The van der Waals surface area contributed by atoms with E-state index in [0.29, 0.717) is 11.5 Å². The fourth-order valence-electron chi connectivity index (χ4n) is 4.76. The zero-order valence-corrected chi connectivity index (χ0v) is 19.7. The summed E-state index contributed by atoms with van der Waals surface area (Å²) in [5.41, 5.74) is 4.43. The fraction of sp³-hybridized carbons (Fsp3) is 0.320. The number of hydrogen-bond acceptors (Lipinski definition) is 6. The van der Waals surface area contributed by atoms with Gasteiger partial charge in [-0.1, -0.05) is 0 Å². The molecule has 1 N–H and O–H groups in total. The Morgan fingerprint density at radius 3 is 2.88 bits per heavy atom. The van der Waals surface area contributed by atoms with Crippen molar-refractivity contribution in [3.63, 3.8) is 0 Å². The van der Waals surface area contributed by atoms with E-state index in [1.54, 1.807) is 24.8 Å². The predicted molar refractivity (Wildman–Crippen MR) is 132 cm³/mol. The number of likely N-dealkylation sites (tertiary alicyclic amines) is 1. The number of fused-ring (bicyclic) bond motifs is 2. The SMILES string of the molecule is COCC1CCCN1C(=O)c1cc2nccc(Nc3ccc4c(c3)cc(C)n4C(C)=O)c2s1. The van der Waals surface area contributed by atoms with E-state index >= 15 is 0 Å². The molecule has 0 bridgehead atoms. The Bertz CT molecular complexity index is 1370. The number of aromatic nitrogens is 2. The van der Waals surface area contributed by atoms with Crippen LogP contribution in [0.5, 0.6) is 0 Å². The van der Waals surface area contributed by atoms with Gasteiger partial charge in [0.2, 0.25) is 5.91 Å². The molecule has 1 fully saturated rings. The lowest BCUT2D eigenvalue weighted by Crippen LogP contribution is -2.37. The van der Waals surface area contributed by atoms with Crippen molar-refractivity contribution >= 4 is 55.6 Å². The maximum Gasteiger partial charge on any atom is 0.264 e. The molecule has 7 nitrogen and oxygen atoms in total. The largest absolute Gasteiger partial charge is 0.383 e. The monoisotopic (exact) mass is 462 g/mol. The van der Waals surface area contributed by atoms with Crippen LogP contribution in [0.2, 0.25) is 0 Å². The number of carbonyl (C=O) groups is 2. The van der Waals surface area contributed by atoms with Crippen molar-refractivity contribution in [3.8, 4) is 0 Å². The number of pyridine rings is 1. The molecule has 1 amide bonds. The van der Waals surface area contributed by atoms with E-state index in [1.807, 2.05) is 48.2 Å². The zero-order valence-electron chi connectivity index (χ0n) is 18.9. The van der Waals surface area contributed by atoms with Crippen LogP contribution in [0.15, 0.2) is 42.6 Å². The van der Waals surface area contributed by atoms with Gasteiger partial charge in [-0.15, -0.1) is 11.3 Å². The summed E-state index contributed by atoms with van der Waals surface area (Å²) < 4.78 is 7.97. The van der Waals surface area contributed by atoms with E-state index in [4.69, 9.17) is 4.74 Å². The average Bonchev–Trinajstić information content (AvgIpc) is 3.49. The molecule has 0 radical (unpaired) electrons. The number of nitrogens with one attached hydrogen (secondary N) is 1. The van der Waals surface area contributed by atoms with E-state index in [-0.39, 0.29) is 17.9 Å². The maximum absolute atomic E-state index is 13.2. The number of benzene rings is 1. The third kappa shape index (κ3) is 3.89. The Hall–Kier alpha value is -3.23. The van der Waals surface area contributed by atoms with Gasteiger partial charge in [-0.25, -0.2) is 0 Å². The molecule has 1 aliphatic heterocycles. The third-order valence-corrected chi connectivity index (χ3v) is 7.34. The summed E-state index contributed by atoms with van der Waals surface area (Å²) >= 11 is 1.47. The van der Waals surface area contributed by atoms with Crippen LogP contribution < -0.4 is 5.32 Å². The van der Waals surface area contributed by atoms with Crippen LogP contribution in [-0.4, -0.2) is 52.6 Å². The summed E-state index contributed by atoms with van der Waals surface area (Å²) in [4.78, 5) is 32.3. The van der Waals surface area contributed by atoms with E-state index < -0.39 is 0 Å². The van der Waals surface area contributed by atoms with Crippen molar-refractivity contribution in [1.29, 1.82) is 0 Å². The molecular formula is C25H26N4O3S. The summed E-state index contributed by atoms with van der Waals surface area (Å²) in [6.45, 7) is 4.83. The molecule has 0 spiro atoms. The van der Waals surface area contributed by atoms with Crippen LogP contribution in [0.3, 0.4) is 0 Å². The van der Waals surface area contributed by atoms with Gasteiger partial charge in [0.15, 0.2) is 0 Å². The predicted octanol–water partition coefficient (Wildman–Crippen LogP) is 5.21. The molecule has 3 aromatic heterocycles. The molecule has 4 aromatic rings. The lowest BCUT2D eigenvalue weighted by atomic mass is 10.2. The van der Waals surface area contributed by atoms with Gasteiger partial charge < -0.3 is 15.0 Å². The molecule has 4 heterocycles. The van der Waals surface area contributed by atoms with Crippen molar-refractivity contribution in [2.24, 2.45) is 0 Å². The summed E-state index contributed by atoms with van der Waals surface area (Å²) in [5.74, 6) is 0.0477. The van der Waals surface area contributed by atoms with Gasteiger partial charge in [-0.05, 0) is 56.2 Å². The quantitative estimate of drug-likeness (QED) is 0.440. The molecule has 0 aliphatic carbocycles. The molecule has 170 valence electrons. The van der Waals surface area contributed by atoms with Crippen molar-refractivity contribution < 1.29 is 14.3 Å². The first-order valence-corrected chi connectivity index (χ1v) is 11.9. The van der Waals surface area contributed by atoms with Crippen molar-refractivity contribution in [2.75, 3.05) is 25.6 Å². The highest BCUT2D eigenvalue weighted by molar-refractivity contribution is 7.21. The number of methoxy groups -OCH3 is 1. The van der Waals surface area contributed by atoms with Crippen LogP contribution in [-0.2, 0) is 4.74 Å². The number of nitrogens with zero attached hydrogens (tertiary/aromatic N) is 3. The Morgan fingerprint density at radius 2 is 2.09 bits per heavy atom. The second-order valence-corrected chi connectivity index (χ2v) is 9.52. The number of thiophene rings is 1. The van der Waals surface area contributed by atoms with E-state index in [9.17, 15) is 9.59 Å². The highest BCUT2D eigenvalue weighted by Crippen LogP contribution is 2.35. The Morgan fingerprint density at radius 1 is 1.24 bits per heavy atom. The van der Waals surface area contributed by atoms with Gasteiger partial charge in [0.25, 0.3) is 5.91 Å². The minimum atomic E-state index is 0.000532. The highest BCUT2D eigenvalue weighted by atomic mass is 32.1. The van der Waals surface area contributed by atoms with E-state index in [2.05, 4.69) is 10.3 Å². The number of carbonyl (C=O) groups excluding carboxylic acids is 2.